The summed E-state index contributed by atoms with van der Waals surface area (Å²) in [6.45, 7) is 5.57. The van der Waals surface area contributed by atoms with Crippen molar-refractivity contribution in [2.75, 3.05) is 19.7 Å². The fraction of sp³-hybridized carbons (Fsp3) is 0.529. The smallest absolute Gasteiger partial charge is 0.226 e. The Kier molecular flexibility index (Phi) is 4.39. The molecule has 0 radical (unpaired) electrons. The number of amides is 1. The Balaban J connectivity index is 1.33. The minimum atomic E-state index is -0.0767. The molecule has 24 heavy (non-hydrogen) atoms. The number of ether oxygens (including phenoxy) is 1. The Morgan fingerprint density at radius 2 is 2.42 bits per heavy atom. The van der Waals surface area contributed by atoms with Gasteiger partial charge in [0, 0.05) is 30.9 Å². The van der Waals surface area contributed by atoms with Gasteiger partial charge in [0.1, 0.15) is 5.76 Å². The zero-order valence-corrected chi connectivity index (χ0v) is 14.4. The van der Waals surface area contributed by atoms with E-state index in [0.29, 0.717) is 13.2 Å². The number of nitrogens with zero attached hydrogens (tertiary/aromatic N) is 2. The van der Waals surface area contributed by atoms with Crippen LogP contribution in [0.1, 0.15) is 16.5 Å². The summed E-state index contributed by atoms with van der Waals surface area (Å²) in [5.41, 5.74) is 1.11. The molecule has 2 saturated heterocycles. The van der Waals surface area contributed by atoms with Crippen LogP contribution in [0, 0.1) is 18.8 Å². The van der Waals surface area contributed by atoms with E-state index in [-0.39, 0.29) is 23.8 Å². The highest BCUT2D eigenvalue weighted by Gasteiger charge is 2.46. The van der Waals surface area contributed by atoms with E-state index in [9.17, 15) is 4.79 Å². The van der Waals surface area contributed by atoms with Crippen LogP contribution in [0.15, 0.2) is 28.2 Å². The second kappa shape index (κ2) is 6.66. The average Bonchev–Trinajstić information content (AvgIpc) is 3.30. The molecule has 7 heteroatoms. The van der Waals surface area contributed by atoms with Crippen molar-refractivity contribution in [3.05, 3.63) is 40.2 Å². The standard InChI is InChI=1S/C17H21N3O3S/c1-11-19-12(10-24-11)6-20-7-14-15(9-23-16(14)8-20)17(21)18-5-13-3-2-4-22-13/h2-4,10,14-16H,5-9H2,1H3,(H,18,21)/t14-,15+,16-/m0/s1. The van der Waals surface area contributed by atoms with Gasteiger partial charge in [-0.2, -0.15) is 0 Å². The predicted octanol–water partition coefficient (Wildman–Crippen LogP) is 1.81. The minimum Gasteiger partial charge on any atom is -0.467 e. The second-order valence-corrected chi connectivity index (χ2v) is 7.55. The molecule has 0 aromatic carbocycles. The average molecular weight is 347 g/mol. The first-order valence-corrected chi connectivity index (χ1v) is 9.12. The maximum Gasteiger partial charge on any atom is 0.226 e. The molecule has 0 saturated carbocycles. The predicted molar refractivity (Wildman–Crippen MR) is 89.4 cm³/mol. The summed E-state index contributed by atoms with van der Waals surface area (Å²) in [6.07, 6.45) is 1.77. The third kappa shape index (κ3) is 3.24. The SMILES string of the molecule is Cc1nc(CN2C[C@@H]3[C@H](C2)OC[C@H]3C(=O)NCc2ccco2)cs1. The van der Waals surface area contributed by atoms with E-state index in [1.165, 1.54) is 0 Å². The van der Waals surface area contributed by atoms with Crippen LogP contribution in [-0.2, 0) is 22.6 Å². The van der Waals surface area contributed by atoms with Crippen molar-refractivity contribution in [3.63, 3.8) is 0 Å². The number of furan rings is 1. The zero-order valence-electron chi connectivity index (χ0n) is 13.6. The first-order chi connectivity index (χ1) is 11.7. The number of carbonyl (C=O) groups is 1. The number of aryl methyl sites for hydroxylation is 1. The van der Waals surface area contributed by atoms with Crippen molar-refractivity contribution >= 4 is 17.2 Å². The Labute approximate surface area is 144 Å². The van der Waals surface area contributed by atoms with Gasteiger partial charge in [-0.25, -0.2) is 4.98 Å². The van der Waals surface area contributed by atoms with Crippen molar-refractivity contribution in [2.24, 2.45) is 11.8 Å². The summed E-state index contributed by atoms with van der Waals surface area (Å²) in [4.78, 5) is 19.4. The van der Waals surface area contributed by atoms with E-state index in [1.54, 1.807) is 17.6 Å². The fourth-order valence-corrected chi connectivity index (χ4v) is 4.23. The second-order valence-electron chi connectivity index (χ2n) is 6.49. The van der Waals surface area contributed by atoms with Gasteiger partial charge in [-0.05, 0) is 19.1 Å². The van der Waals surface area contributed by atoms with Crippen LogP contribution in [0.3, 0.4) is 0 Å². The molecule has 3 atom stereocenters. The highest BCUT2D eigenvalue weighted by Crippen LogP contribution is 2.34. The normalized spacial score (nSPS) is 26.6. The van der Waals surface area contributed by atoms with Gasteiger partial charge < -0.3 is 14.5 Å². The molecular weight excluding hydrogens is 326 g/mol. The molecule has 2 aromatic heterocycles. The van der Waals surface area contributed by atoms with Crippen LogP contribution in [0.2, 0.25) is 0 Å². The fourth-order valence-electron chi connectivity index (χ4n) is 3.62. The van der Waals surface area contributed by atoms with E-state index in [2.05, 4.69) is 20.6 Å². The lowest BCUT2D eigenvalue weighted by atomic mass is 9.92. The van der Waals surface area contributed by atoms with E-state index < -0.39 is 0 Å². The monoisotopic (exact) mass is 347 g/mol. The number of aromatic nitrogens is 1. The van der Waals surface area contributed by atoms with Gasteiger partial charge >= 0.3 is 0 Å². The maximum absolute atomic E-state index is 12.5. The molecular formula is C17H21N3O3S. The summed E-state index contributed by atoms with van der Waals surface area (Å²) >= 11 is 1.68. The van der Waals surface area contributed by atoms with Crippen LogP contribution in [0.5, 0.6) is 0 Å². The minimum absolute atomic E-state index is 0.0604. The highest BCUT2D eigenvalue weighted by atomic mass is 32.1. The van der Waals surface area contributed by atoms with Crippen LogP contribution >= 0.6 is 11.3 Å². The van der Waals surface area contributed by atoms with Crippen LogP contribution in [0.25, 0.3) is 0 Å². The molecule has 0 bridgehead atoms. The number of fused-ring (bicyclic) bond motifs is 1. The molecule has 2 fully saturated rings. The van der Waals surface area contributed by atoms with Crippen LogP contribution < -0.4 is 5.32 Å². The molecule has 2 aliphatic heterocycles. The maximum atomic E-state index is 12.5. The molecule has 128 valence electrons. The van der Waals surface area contributed by atoms with Gasteiger partial charge in [-0.1, -0.05) is 0 Å². The molecule has 2 aromatic rings. The van der Waals surface area contributed by atoms with E-state index in [0.717, 1.165) is 36.1 Å². The van der Waals surface area contributed by atoms with E-state index in [4.69, 9.17) is 9.15 Å². The van der Waals surface area contributed by atoms with Crippen molar-refractivity contribution in [2.45, 2.75) is 26.1 Å². The first kappa shape index (κ1) is 15.8. The number of rotatable bonds is 5. The number of thiazole rings is 1. The molecule has 4 heterocycles. The van der Waals surface area contributed by atoms with Crippen molar-refractivity contribution in [3.8, 4) is 0 Å². The highest BCUT2D eigenvalue weighted by molar-refractivity contribution is 7.09. The molecule has 1 N–H and O–H groups in total. The Hall–Kier alpha value is -1.70. The topological polar surface area (TPSA) is 67.6 Å². The lowest BCUT2D eigenvalue weighted by Crippen LogP contribution is -2.36. The van der Waals surface area contributed by atoms with Gasteiger partial charge in [0.2, 0.25) is 5.91 Å². The van der Waals surface area contributed by atoms with E-state index >= 15 is 0 Å². The van der Waals surface area contributed by atoms with Gasteiger partial charge in [0.15, 0.2) is 0 Å². The quantitative estimate of drug-likeness (QED) is 0.893. The number of hydrogen-bond donors (Lipinski definition) is 1. The van der Waals surface area contributed by atoms with Gasteiger partial charge in [-0.15, -0.1) is 11.3 Å². The van der Waals surface area contributed by atoms with Crippen LogP contribution in [-0.4, -0.2) is 41.6 Å². The summed E-state index contributed by atoms with van der Waals surface area (Å²) in [5.74, 6) is 1.02. The molecule has 0 aliphatic carbocycles. The van der Waals surface area contributed by atoms with Gasteiger partial charge in [0.25, 0.3) is 0 Å². The lowest BCUT2D eigenvalue weighted by Gasteiger charge is -2.18. The lowest BCUT2D eigenvalue weighted by molar-refractivity contribution is -0.126. The number of nitrogens with one attached hydrogen (secondary N) is 1. The number of likely N-dealkylation sites (tertiary alicyclic amines) is 1. The molecule has 4 rings (SSSR count). The largest absolute Gasteiger partial charge is 0.467 e. The third-order valence-electron chi connectivity index (χ3n) is 4.80. The summed E-state index contributed by atoms with van der Waals surface area (Å²) in [5, 5.41) is 6.17. The molecule has 0 spiro atoms. The molecule has 6 nitrogen and oxygen atoms in total. The molecule has 1 amide bonds. The first-order valence-electron chi connectivity index (χ1n) is 8.24. The third-order valence-corrected chi connectivity index (χ3v) is 5.62. The number of hydrogen-bond acceptors (Lipinski definition) is 6. The Morgan fingerprint density at radius 3 is 3.17 bits per heavy atom. The van der Waals surface area contributed by atoms with Gasteiger partial charge in [-0.3, -0.25) is 9.69 Å². The summed E-state index contributed by atoms with van der Waals surface area (Å²) < 4.78 is 11.1. The summed E-state index contributed by atoms with van der Waals surface area (Å²) in [7, 11) is 0. The Morgan fingerprint density at radius 1 is 1.50 bits per heavy atom. The van der Waals surface area contributed by atoms with Crippen molar-refractivity contribution in [1.29, 1.82) is 0 Å². The number of carbonyl (C=O) groups excluding carboxylic acids is 1. The molecule has 0 unspecified atom stereocenters. The van der Waals surface area contributed by atoms with Crippen molar-refractivity contribution < 1.29 is 13.9 Å². The Bertz CT molecular complexity index is 700. The zero-order chi connectivity index (χ0) is 16.5. The summed E-state index contributed by atoms with van der Waals surface area (Å²) in [6, 6.07) is 3.69. The van der Waals surface area contributed by atoms with E-state index in [1.807, 2.05) is 19.1 Å². The van der Waals surface area contributed by atoms with Crippen molar-refractivity contribution in [1.82, 2.24) is 15.2 Å². The van der Waals surface area contributed by atoms with Gasteiger partial charge in [0.05, 0.1) is 42.1 Å². The van der Waals surface area contributed by atoms with Crippen LogP contribution in [0.4, 0.5) is 0 Å². The molecule has 2 aliphatic rings.